The quantitative estimate of drug-likeness (QED) is 0.816. The van der Waals surface area contributed by atoms with Crippen molar-refractivity contribution in [3.63, 3.8) is 0 Å². The van der Waals surface area contributed by atoms with Gasteiger partial charge in [-0.05, 0) is 34.1 Å². The number of benzene rings is 1. The minimum Gasteiger partial charge on any atom is -0.435 e. The highest BCUT2D eigenvalue weighted by atomic mass is 79.9. The molecular weight excluding hydrogens is 343 g/mol. The molecule has 0 saturated carbocycles. The second kappa shape index (κ2) is 5.16. The molecule has 0 spiro atoms. The SMILES string of the molecule is Nc1cc(C(F)(F)F)ccc1Oc1nc[nH]c(=O)c1Br. The number of anilines is 1. The first kappa shape index (κ1) is 14.4. The van der Waals surface area contributed by atoms with E-state index in [2.05, 4.69) is 25.9 Å². The highest BCUT2D eigenvalue weighted by molar-refractivity contribution is 9.10. The highest BCUT2D eigenvalue weighted by Crippen LogP contribution is 2.35. The van der Waals surface area contributed by atoms with Gasteiger partial charge in [0.05, 0.1) is 17.6 Å². The molecule has 0 bridgehead atoms. The Labute approximate surface area is 118 Å². The summed E-state index contributed by atoms with van der Waals surface area (Å²) in [5.74, 6) is -0.128. The fourth-order valence-corrected chi connectivity index (χ4v) is 1.66. The molecule has 0 amide bonds. The maximum Gasteiger partial charge on any atom is 0.416 e. The van der Waals surface area contributed by atoms with Crippen molar-refractivity contribution in [1.82, 2.24) is 9.97 Å². The molecule has 5 nitrogen and oxygen atoms in total. The van der Waals surface area contributed by atoms with E-state index >= 15 is 0 Å². The first-order valence-electron chi connectivity index (χ1n) is 5.17. The van der Waals surface area contributed by atoms with Crippen LogP contribution in [-0.4, -0.2) is 9.97 Å². The lowest BCUT2D eigenvalue weighted by Crippen LogP contribution is -2.09. The molecular formula is C11H7BrF3N3O2. The molecule has 1 heterocycles. The zero-order valence-electron chi connectivity index (χ0n) is 9.66. The van der Waals surface area contributed by atoms with E-state index in [1.807, 2.05) is 0 Å². The summed E-state index contributed by atoms with van der Waals surface area (Å²) in [6.45, 7) is 0. The molecule has 3 N–H and O–H groups in total. The fourth-order valence-electron chi connectivity index (χ4n) is 1.36. The summed E-state index contributed by atoms with van der Waals surface area (Å²) < 4.78 is 42.7. The molecule has 2 aromatic rings. The number of nitrogens with one attached hydrogen (secondary N) is 1. The number of aromatic amines is 1. The number of alkyl halides is 3. The molecule has 0 aliphatic heterocycles. The molecule has 1 aromatic heterocycles. The lowest BCUT2D eigenvalue weighted by atomic mass is 10.2. The Morgan fingerprint density at radius 2 is 2.05 bits per heavy atom. The van der Waals surface area contributed by atoms with Crippen LogP contribution in [0.2, 0.25) is 0 Å². The number of nitrogen functional groups attached to an aromatic ring is 1. The molecule has 0 radical (unpaired) electrons. The zero-order valence-corrected chi connectivity index (χ0v) is 11.2. The Morgan fingerprint density at radius 1 is 1.35 bits per heavy atom. The third kappa shape index (κ3) is 2.93. The number of H-pyrrole nitrogens is 1. The van der Waals surface area contributed by atoms with Crippen molar-refractivity contribution in [2.24, 2.45) is 0 Å². The normalized spacial score (nSPS) is 11.4. The Hall–Kier alpha value is -2.03. The van der Waals surface area contributed by atoms with Gasteiger partial charge in [-0.25, -0.2) is 4.98 Å². The number of rotatable bonds is 2. The lowest BCUT2D eigenvalue weighted by molar-refractivity contribution is -0.137. The van der Waals surface area contributed by atoms with Crippen molar-refractivity contribution < 1.29 is 17.9 Å². The van der Waals surface area contributed by atoms with E-state index in [0.29, 0.717) is 0 Å². The minimum atomic E-state index is -4.49. The Balaban J connectivity index is 2.36. The summed E-state index contributed by atoms with van der Waals surface area (Å²) in [6.07, 6.45) is -3.39. The minimum absolute atomic E-state index is 0.0132. The van der Waals surface area contributed by atoms with Crippen LogP contribution >= 0.6 is 15.9 Å². The van der Waals surface area contributed by atoms with Crippen molar-refractivity contribution in [2.45, 2.75) is 6.18 Å². The Bertz CT molecular complexity index is 700. The summed E-state index contributed by atoms with van der Waals surface area (Å²) in [4.78, 5) is 17.3. The van der Waals surface area contributed by atoms with E-state index in [4.69, 9.17) is 10.5 Å². The predicted octanol–water partition coefficient (Wildman–Crippen LogP) is 2.93. The van der Waals surface area contributed by atoms with Crippen molar-refractivity contribution in [1.29, 1.82) is 0 Å². The summed E-state index contributed by atoms with van der Waals surface area (Å²) >= 11 is 2.96. The number of hydrogen-bond donors (Lipinski definition) is 2. The Kier molecular flexibility index (Phi) is 3.71. The van der Waals surface area contributed by atoms with Gasteiger partial charge in [0.15, 0.2) is 5.75 Å². The standard InChI is InChI=1S/C11H7BrF3N3O2/c12-8-9(19)17-4-18-10(8)20-7-2-1-5(3-6(7)16)11(13,14)15/h1-4H,16H2,(H,17,18,19). The number of aromatic nitrogens is 2. The van der Waals surface area contributed by atoms with Gasteiger partial charge in [0.1, 0.15) is 4.47 Å². The van der Waals surface area contributed by atoms with E-state index in [0.717, 1.165) is 24.5 Å². The van der Waals surface area contributed by atoms with Crippen LogP contribution in [0.1, 0.15) is 5.56 Å². The van der Waals surface area contributed by atoms with E-state index in [-0.39, 0.29) is 21.8 Å². The highest BCUT2D eigenvalue weighted by Gasteiger charge is 2.31. The summed E-state index contributed by atoms with van der Waals surface area (Å²) in [5.41, 5.74) is 3.91. The average molecular weight is 350 g/mol. The third-order valence-corrected chi connectivity index (χ3v) is 3.01. The number of hydrogen-bond acceptors (Lipinski definition) is 4. The maximum atomic E-state index is 12.5. The molecule has 0 atom stereocenters. The van der Waals surface area contributed by atoms with Gasteiger partial charge in [0, 0.05) is 0 Å². The molecule has 0 fully saturated rings. The van der Waals surface area contributed by atoms with Gasteiger partial charge in [-0.3, -0.25) is 4.79 Å². The second-order valence-corrected chi connectivity index (χ2v) is 4.50. The van der Waals surface area contributed by atoms with Crippen molar-refractivity contribution in [3.05, 3.63) is 44.9 Å². The molecule has 9 heteroatoms. The van der Waals surface area contributed by atoms with E-state index < -0.39 is 17.3 Å². The van der Waals surface area contributed by atoms with Gasteiger partial charge in [-0.2, -0.15) is 13.2 Å². The zero-order chi connectivity index (χ0) is 14.9. The number of nitrogens with two attached hydrogens (primary N) is 1. The molecule has 0 aliphatic rings. The van der Waals surface area contributed by atoms with Gasteiger partial charge in [0.25, 0.3) is 5.56 Å². The van der Waals surface area contributed by atoms with Crippen LogP contribution in [0.5, 0.6) is 11.6 Å². The second-order valence-electron chi connectivity index (χ2n) is 3.70. The summed E-state index contributed by atoms with van der Waals surface area (Å²) in [7, 11) is 0. The first-order chi connectivity index (χ1) is 9.29. The average Bonchev–Trinajstić information content (AvgIpc) is 2.36. The molecule has 0 unspecified atom stereocenters. The number of halogens is 4. The lowest BCUT2D eigenvalue weighted by Gasteiger charge is -2.11. The summed E-state index contributed by atoms with van der Waals surface area (Å²) in [6, 6.07) is 2.64. The van der Waals surface area contributed by atoms with Crippen molar-refractivity contribution in [3.8, 4) is 11.6 Å². The summed E-state index contributed by atoms with van der Waals surface area (Å²) in [5, 5.41) is 0. The van der Waals surface area contributed by atoms with E-state index in [9.17, 15) is 18.0 Å². The van der Waals surface area contributed by atoms with Crippen molar-refractivity contribution >= 4 is 21.6 Å². The molecule has 1 aromatic carbocycles. The van der Waals surface area contributed by atoms with E-state index in [1.165, 1.54) is 0 Å². The van der Waals surface area contributed by atoms with Crippen LogP contribution in [0.3, 0.4) is 0 Å². The van der Waals surface area contributed by atoms with Gasteiger partial charge >= 0.3 is 6.18 Å². The molecule has 2 rings (SSSR count). The van der Waals surface area contributed by atoms with Gasteiger partial charge in [-0.1, -0.05) is 0 Å². The van der Waals surface area contributed by atoms with E-state index in [1.54, 1.807) is 0 Å². The number of ether oxygens (including phenoxy) is 1. The number of nitrogens with zero attached hydrogens (tertiary/aromatic N) is 1. The van der Waals surface area contributed by atoms with Gasteiger partial charge in [-0.15, -0.1) is 0 Å². The van der Waals surface area contributed by atoms with Crippen LogP contribution in [-0.2, 0) is 6.18 Å². The third-order valence-electron chi connectivity index (χ3n) is 2.31. The maximum absolute atomic E-state index is 12.5. The van der Waals surface area contributed by atoms with Crippen LogP contribution in [0.4, 0.5) is 18.9 Å². The molecule has 20 heavy (non-hydrogen) atoms. The van der Waals surface area contributed by atoms with Crippen LogP contribution in [0, 0.1) is 0 Å². The van der Waals surface area contributed by atoms with Crippen LogP contribution < -0.4 is 16.0 Å². The van der Waals surface area contributed by atoms with Gasteiger partial charge in [0.2, 0.25) is 5.88 Å². The first-order valence-corrected chi connectivity index (χ1v) is 5.96. The smallest absolute Gasteiger partial charge is 0.416 e. The largest absolute Gasteiger partial charge is 0.435 e. The topological polar surface area (TPSA) is 81.0 Å². The van der Waals surface area contributed by atoms with Crippen LogP contribution in [0.25, 0.3) is 0 Å². The predicted molar refractivity (Wildman–Crippen MR) is 68.5 cm³/mol. The van der Waals surface area contributed by atoms with Gasteiger partial charge < -0.3 is 15.5 Å². The molecule has 106 valence electrons. The molecule has 0 aliphatic carbocycles. The van der Waals surface area contributed by atoms with Crippen molar-refractivity contribution in [2.75, 3.05) is 5.73 Å². The monoisotopic (exact) mass is 349 g/mol. The Morgan fingerprint density at radius 3 is 2.65 bits per heavy atom. The molecule has 0 saturated heterocycles. The van der Waals surface area contributed by atoms with Crippen LogP contribution in [0.15, 0.2) is 33.8 Å². The fraction of sp³-hybridized carbons (Fsp3) is 0.0909.